The minimum Gasteiger partial charge on any atom is -0.377 e. The lowest BCUT2D eigenvalue weighted by Gasteiger charge is -2.10. The zero-order valence-electron chi connectivity index (χ0n) is 16.7. The van der Waals surface area contributed by atoms with Crippen LogP contribution in [0.3, 0.4) is 0 Å². The van der Waals surface area contributed by atoms with E-state index in [1.54, 1.807) is 23.6 Å². The van der Waals surface area contributed by atoms with Crippen molar-refractivity contribution in [1.29, 1.82) is 0 Å². The van der Waals surface area contributed by atoms with Gasteiger partial charge in [0.2, 0.25) is 0 Å². The van der Waals surface area contributed by atoms with Crippen molar-refractivity contribution in [2.24, 2.45) is 0 Å². The van der Waals surface area contributed by atoms with E-state index < -0.39 is 16.2 Å². The number of nitrogens with one attached hydrogen (secondary N) is 2. The molecule has 3 aromatic rings. The molecule has 10 heteroatoms. The molecule has 0 radical (unpaired) electrons. The highest BCUT2D eigenvalue weighted by atomic mass is 16.6. The maximum atomic E-state index is 12.4. The summed E-state index contributed by atoms with van der Waals surface area (Å²) in [6, 6.07) is 4.82. The second-order valence-corrected chi connectivity index (χ2v) is 6.77. The molecule has 2 N–H and O–H groups in total. The van der Waals surface area contributed by atoms with Crippen LogP contribution in [0.4, 0.5) is 11.4 Å². The van der Waals surface area contributed by atoms with Crippen molar-refractivity contribution in [2.45, 2.75) is 53.2 Å². The maximum Gasteiger partial charge on any atom is 0.330 e. The maximum absolute atomic E-state index is 12.4. The fourth-order valence-corrected chi connectivity index (χ4v) is 3.40. The van der Waals surface area contributed by atoms with Crippen molar-refractivity contribution in [3.05, 3.63) is 60.5 Å². The number of nitrogens with zero attached hydrogens (tertiary/aromatic N) is 4. The van der Waals surface area contributed by atoms with E-state index in [2.05, 4.69) is 15.3 Å². The van der Waals surface area contributed by atoms with Crippen LogP contribution >= 0.6 is 0 Å². The topological polar surface area (TPSA) is 128 Å². The van der Waals surface area contributed by atoms with Crippen molar-refractivity contribution in [3.8, 4) is 0 Å². The first kappa shape index (κ1) is 20.3. The molecule has 2 heterocycles. The van der Waals surface area contributed by atoms with E-state index in [0.717, 1.165) is 12.8 Å². The van der Waals surface area contributed by atoms with Crippen LogP contribution in [0.5, 0.6) is 0 Å². The number of unbranched alkanes of at least 4 members (excludes halogenated alkanes) is 1. The molecule has 29 heavy (non-hydrogen) atoms. The van der Waals surface area contributed by atoms with E-state index in [1.165, 1.54) is 10.6 Å². The number of aryl methyl sites for hydroxylation is 2. The summed E-state index contributed by atoms with van der Waals surface area (Å²) < 4.78 is 3.25. The summed E-state index contributed by atoms with van der Waals surface area (Å²) in [5.74, 6) is 0.578. The Bertz CT molecular complexity index is 1170. The SMILES string of the molecule is CCCCn1c(=O)[nH]c(=O)c2c1nc(CNc1cccc([N+](=O)[O-])c1C)n2CC. The molecule has 0 atom stereocenters. The lowest BCUT2D eigenvalue weighted by molar-refractivity contribution is -0.385. The summed E-state index contributed by atoms with van der Waals surface area (Å²) in [6.45, 7) is 6.82. The van der Waals surface area contributed by atoms with E-state index >= 15 is 0 Å². The van der Waals surface area contributed by atoms with Crippen LogP contribution < -0.4 is 16.6 Å². The third kappa shape index (κ3) is 3.78. The summed E-state index contributed by atoms with van der Waals surface area (Å²) in [4.78, 5) is 42.4. The summed E-state index contributed by atoms with van der Waals surface area (Å²) in [5, 5.41) is 14.3. The van der Waals surface area contributed by atoms with Crippen molar-refractivity contribution in [3.63, 3.8) is 0 Å². The highest BCUT2D eigenvalue weighted by Crippen LogP contribution is 2.25. The fraction of sp³-hybridized carbons (Fsp3) is 0.421. The van der Waals surface area contributed by atoms with Crippen LogP contribution in [-0.2, 0) is 19.6 Å². The minimum atomic E-state index is -0.468. The van der Waals surface area contributed by atoms with Gasteiger partial charge in [0.05, 0.1) is 11.5 Å². The molecular weight excluding hydrogens is 376 g/mol. The smallest absolute Gasteiger partial charge is 0.330 e. The summed E-state index contributed by atoms with van der Waals surface area (Å²) in [7, 11) is 0. The molecule has 0 bridgehead atoms. The Balaban J connectivity index is 2.03. The number of nitro benzene ring substituents is 1. The van der Waals surface area contributed by atoms with Gasteiger partial charge in [-0.3, -0.25) is 24.5 Å². The number of anilines is 1. The number of benzene rings is 1. The summed E-state index contributed by atoms with van der Waals surface area (Å²) >= 11 is 0. The molecule has 0 unspecified atom stereocenters. The van der Waals surface area contributed by atoms with Gasteiger partial charge in [-0.05, 0) is 26.3 Å². The normalized spacial score (nSPS) is 11.1. The second kappa shape index (κ2) is 8.29. The molecule has 0 saturated heterocycles. The Hall–Kier alpha value is -3.43. The first-order chi connectivity index (χ1) is 13.9. The Morgan fingerprint density at radius 3 is 2.66 bits per heavy atom. The molecule has 3 rings (SSSR count). The number of hydrogen-bond acceptors (Lipinski definition) is 6. The lowest BCUT2D eigenvalue weighted by Crippen LogP contribution is -2.31. The van der Waals surface area contributed by atoms with E-state index in [9.17, 15) is 19.7 Å². The van der Waals surface area contributed by atoms with Gasteiger partial charge in [0, 0.05) is 30.4 Å². The van der Waals surface area contributed by atoms with Gasteiger partial charge in [-0.25, -0.2) is 9.78 Å². The van der Waals surface area contributed by atoms with Crippen molar-refractivity contribution in [2.75, 3.05) is 5.32 Å². The number of aromatic nitrogens is 4. The molecule has 0 aliphatic rings. The number of nitro groups is 1. The molecule has 0 fully saturated rings. The minimum absolute atomic E-state index is 0.0313. The molecular formula is C19H24N6O4. The lowest BCUT2D eigenvalue weighted by atomic mass is 10.1. The molecule has 154 valence electrons. The van der Waals surface area contributed by atoms with Crippen molar-refractivity contribution in [1.82, 2.24) is 19.1 Å². The Morgan fingerprint density at radius 2 is 2.00 bits per heavy atom. The number of fused-ring (bicyclic) bond motifs is 1. The van der Waals surface area contributed by atoms with Gasteiger partial charge in [-0.15, -0.1) is 0 Å². The standard InChI is InChI=1S/C19H24N6O4/c1-4-6-10-24-17-16(18(26)22-19(24)27)23(5-2)15(21-17)11-20-13-8-7-9-14(12(13)3)25(28)29/h7-9,20H,4-6,10-11H2,1-3H3,(H,22,26,27). The number of rotatable bonds is 8. The van der Waals surface area contributed by atoms with Crippen molar-refractivity contribution < 1.29 is 4.92 Å². The van der Waals surface area contributed by atoms with E-state index in [0.29, 0.717) is 41.3 Å². The van der Waals surface area contributed by atoms with Gasteiger partial charge in [-0.2, -0.15) is 0 Å². The highest BCUT2D eigenvalue weighted by Gasteiger charge is 2.18. The first-order valence-electron chi connectivity index (χ1n) is 9.59. The van der Waals surface area contributed by atoms with Crippen LogP contribution in [0.2, 0.25) is 0 Å². The van der Waals surface area contributed by atoms with Gasteiger partial charge in [0.1, 0.15) is 5.82 Å². The first-order valence-corrected chi connectivity index (χ1v) is 9.59. The van der Waals surface area contributed by atoms with Crippen LogP contribution in [0.15, 0.2) is 27.8 Å². The summed E-state index contributed by atoms with van der Waals surface area (Å²) in [5.41, 5.74) is 0.956. The quantitative estimate of drug-likeness (QED) is 0.442. The monoisotopic (exact) mass is 400 g/mol. The third-order valence-corrected chi connectivity index (χ3v) is 4.95. The van der Waals surface area contributed by atoms with Crippen LogP contribution in [0, 0.1) is 17.0 Å². The highest BCUT2D eigenvalue weighted by molar-refractivity contribution is 5.71. The number of imidazole rings is 1. The predicted molar refractivity (Wildman–Crippen MR) is 110 cm³/mol. The summed E-state index contributed by atoms with van der Waals surface area (Å²) in [6.07, 6.45) is 1.70. The Labute approximate surface area is 166 Å². The average molecular weight is 400 g/mol. The Morgan fingerprint density at radius 1 is 1.24 bits per heavy atom. The zero-order valence-corrected chi connectivity index (χ0v) is 16.7. The van der Waals surface area contributed by atoms with Crippen LogP contribution in [0.25, 0.3) is 11.2 Å². The molecule has 0 aliphatic carbocycles. The van der Waals surface area contributed by atoms with Crippen molar-refractivity contribution >= 4 is 22.5 Å². The zero-order chi connectivity index (χ0) is 21.1. The molecule has 0 spiro atoms. The molecule has 0 saturated carbocycles. The van der Waals surface area contributed by atoms with E-state index in [1.807, 2.05) is 13.8 Å². The Kier molecular flexibility index (Phi) is 5.81. The molecule has 1 aromatic carbocycles. The van der Waals surface area contributed by atoms with Crippen LogP contribution in [0.1, 0.15) is 38.1 Å². The number of H-pyrrole nitrogens is 1. The van der Waals surface area contributed by atoms with Gasteiger partial charge in [-0.1, -0.05) is 19.4 Å². The van der Waals surface area contributed by atoms with Gasteiger partial charge < -0.3 is 9.88 Å². The number of aromatic amines is 1. The largest absolute Gasteiger partial charge is 0.377 e. The molecule has 2 aromatic heterocycles. The molecule has 10 nitrogen and oxygen atoms in total. The van der Waals surface area contributed by atoms with E-state index in [4.69, 9.17) is 0 Å². The average Bonchev–Trinajstić information content (AvgIpc) is 3.05. The fourth-order valence-electron chi connectivity index (χ4n) is 3.40. The van der Waals surface area contributed by atoms with E-state index in [-0.39, 0.29) is 12.2 Å². The third-order valence-electron chi connectivity index (χ3n) is 4.95. The van der Waals surface area contributed by atoms with Gasteiger partial charge >= 0.3 is 5.69 Å². The van der Waals surface area contributed by atoms with Crippen LogP contribution in [-0.4, -0.2) is 24.0 Å². The second-order valence-electron chi connectivity index (χ2n) is 6.77. The molecule has 0 aliphatic heterocycles. The van der Waals surface area contributed by atoms with Gasteiger partial charge in [0.25, 0.3) is 11.2 Å². The number of hydrogen-bond donors (Lipinski definition) is 2. The predicted octanol–water partition coefficient (Wildman–Crippen LogP) is 2.54. The molecule has 0 amide bonds. The van der Waals surface area contributed by atoms with Gasteiger partial charge in [0.15, 0.2) is 11.2 Å².